The van der Waals surface area contributed by atoms with Gasteiger partial charge in [-0.3, -0.25) is 0 Å². The molecule has 3 aromatic heterocycles. The van der Waals surface area contributed by atoms with Crippen LogP contribution in [0, 0.1) is 42.9 Å². The van der Waals surface area contributed by atoms with Gasteiger partial charge >= 0.3 is 0 Å². The van der Waals surface area contributed by atoms with Gasteiger partial charge < -0.3 is 13.3 Å². The number of hydrogen-bond donors (Lipinski definition) is 0. The van der Waals surface area contributed by atoms with Crippen LogP contribution in [0.15, 0.2) is 44.0 Å². The molecule has 0 radical (unpaired) electrons. The molecule has 0 aliphatic carbocycles. The van der Waals surface area contributed by atoms with E-state index in [1.54, 1.807) is 0 Å². The Balaban J connectivity index is -0.000000291. The second kappa shape index (κ2) is 23.3. The van der Waals surface area contributed by atoms with Crippen molar-refractivity contribution in [3.63, 3.8) is 0 Å². The molecule has 3 nitrogen and oxygen atoms in total. The fourth-order valence-electron chi connectivity index (χ4n) is 6.65. The Labute approximate surface area is 302 Å². The zero-order chi connectivity index (χ0) is 34.1. The monoisotopic (exact) mass is 675 g/mol. The standard InChI is InChI=1S/C15H26O.2C13H22O.4CH4/c1-10(2)12-8-13(16-9-12)14(11(3)4)15(5,6)7;1-8(2)13(9(3)4)12-7-10(5)11(6)14-12;1-6-12(10(4)5)13-7-11(8-14-13)9(2)3;;;;/h8-11,14H,1-7H3;7-9,13H,1-6H3;7-10,12H,6H2,1-5H3;4*1H4/t14-;;12-;;;;/m0.0..../s1. The third-order valence-corrected chi connectivity index (χ3v) is 9.08. The lowest BCUT2D eigenvalue weighted by molar-refractivity contribution is 0.224. The maximum Gasteiger partial charge on any atom is 0.108 e. The molecule has 3 aromatic rings. The van der Waals surface area contributed by atoms with Crippen LogP contribution in [-0.2, 0) is 0 Å². The van der Waals surface area contributed by atoms with Crippen molar-refractivity contribution in [2.45, 2.75) is 190 Å². The molecule has 284 valence electrons. The van der Waals surface area contributed by atoms with Crippen LogP contribution in [0.2, 0.25) is 0 Å². The Morgan fingerprint density at radius 3 is 1.25 bits per heavy atom. The first-order valence-electron chi connectivity index (χ1n) is 17.5. The Morgan fingerprint density at radius 1 is 0.562 bits per heavy atom. The summed E-state index contributed by atoms with van der Waals surface area (Å²) in [6, 6.07) is 6.65. The molecule has 48 heavy (non-hydrogen) atoms. The summed E-state index contributed by atoms with van der Waals surface area (Å²) < 4.78 is 17.2. The molecule has 0 aliphatic rings. The quantitative estimate of drug-likeness (QED) is 0.215. The Bertz CT molecular complexity index is 1160. The van der Waals surface area contributed by atoms with E-state index in [1.807, 2.05) is 19.5 Å². The molecular formula is C45H86O3. The summed E-state index contributed by atoms with van der Waals surface area (Å²) >= 11 is 0. The summed E-state index contributed by atoms with van der Waals surface area (Å²) in [6.07, 6.45) is 4.98. The zero-order valence-electron chi connectivity index (χ0n) is 32.0. The SMILES string of the molecule is C.C.C.C.CC(C)c1coc([C@H](C(C)C)C(C)(C)C)c1.CC[C@H](c1cc(C(C)C)co1)C(C)C.Cc1cc(C(C(C)C)C(C)C)oc1C. The smallest absolute Gasteiger partial charge is 0.108 e. The highest BCUT2D eigenvalue weighted by atomic mass is 16.3. The summed E-state index contributed by atoms with van der Waals surface area (Å²) in [4.78, 5) is 0. The molecule has 0 spiro atoms. The third kappa shape index (κ3) is 15.6. The normalized spacial score (nSPS) is 12.5. The number of rotatable bonds is 10. The molecule has 0 aromatic carbocycles. The number of hydrogen-bond acceptors (Lipinski definition) is 3. The minimum atomic E-state index is 0. The minimum Gasteiger partial charge on any atom is -0.469 e. The summed E-state index contributed by atoms with van der Waals surface area (Å²) in [6.45, 7) is 40.1. The summed E-state index contributed by atoms with van der Waals surface area (Å²) in [7, 11) is 0. The van der Waals surface area contributed by atoms with Crippen molar-refractivity contribution in [3.05, 3.63) is 70.5 Å². The molecule has 3 rings (SSSR count). The predicted molar refractivity (Wildman–Crippen MR) is 218 cm³/mol. The van der Waals surface area contributed by atoms with Crippen molar-refractivity contribution in [1.29, 1.82) is 0 Å². The Kier molecular flexibility index (Phi) is 25.5. The van der Waals surface area contributed by atoms with Gasteiger partial charge in [-0.1, -0.05) is 140 Å². The van der Waals surface area contributed by atoms with E-state index in [0.717, 1.165) is 29.5 Å². The van der Waals surface area contributed by atoms with Gasteiger partial charge in [0.25, 0.3) is 0 Å². The molecule has 2 atom stereocenters. The van der Waals surface area contributed by atoms with Crippen molar-refractivity contribution in [2.24, 2.45) is 29.1 Å². The molecule has 3 heterocycles. The highest BCUT2D eigenvalue weighted by molar-refractivity contribution is 5.22. The highest BCUT2D eigenvalue weighted by Crippen LogP contribution is 2.42. The molecule has 0 saturated heterocycles. The lowest BCUT2D eigenvalue weighted by atomic mass is 9.73. The van der Waals surface area contributed by atoms with Gasteiger partial charge in [-0.2, -0.15) is 0 Å². The van der Waals surface area contributed by atoms with Gasteiger partial charge in [0.15, 0.2) is 0 Å². The first-order chi connectivity index (χ1) is 20.2. The molecule has 0 amide bonds. The molecule has 0 N–H and O–H groups in total. The summed E-state index contributed by atoms with van der Waals surface area (Å²) in [5.74, 6) is 9.78. The molecule has 0 bridgehead atoms. The average molecular weight is 675 g/mol. The van der Waals surface area contributed by atoms with Crippen molar-refractivity contribution in [1.82, 2.24) is 0 Å². The second-order valence-corrected chi connectivity index (χ2v) is 16.1. The van der Waals surface area contributed by atoms with E-state index in [0.29, 0.717) is 53.3 Å². The zero-order valence-corrected chi connectivity index (χ0v) is 32.0. The fraction of sp³-hybridized carbons (Fsp3) is 0.733. The Hall–Kier alpha value is -2.16. The lowest BCUT2D eigenvalue weighted by Crippen LogP contribution is -2.22. The van der Waals surface area contributed by atoms with Crippen LogP contribution >= 0.6 is 0 Å². The van der Waals surface area contributed by atoms with E-state index < -0.39 is 0 Å². The molecule has 0 aliphatic heterocycles. The van der Waals surface area contributed by atoms with Crippen LogP contribution in [0.1, 0.15) is 216 Å². The minimum absolute atomic E-state index is 0. The van der Waals surface area contributed by atoms with E-state index >= 15 is 0 Å². The topological polar surface area (TPSA) is 39.4 Å². The van der Waals surface area contributed by atoms with Gasteiger partial charge in [-0.05, 0) is 96.1 Å². The molecule has 0 saturated carbocycles. The van der Waals surface area contributed by atoms with Gasteiger partial charge in [0.1, 0.15) is 23.0 Å². The van der Waals surface area contributed by atoms with Gasteiger partial charge in [0.2, 0.25) is 0 Å². The predicted octanol–water partition coefficient (Wildman–Crippen LogP) is 16.6. The van der Waals surface area contributed by atoms with Gasteiger partial charge in [-0.25, -0.2) is 0 Å². The van der Waals surface area contributed by atoms with Gasteiger partial charge in [-0.15, -0.1) is 0 Å². The Morgan fingerprint density at radius 2 is 0.979 bits per heavy atom. The molecule has 0 unspecified atom stereocenters. The van der Waals surface area contributed by atoms with Gasteiger partial charge in [0, 0.05) is 17.8 Å². The lowest BCUT2D eigenvalue weighted by Gasteiger charge is -2.32. The number of furan rings is 3. The first kappa shape index (κ1) is 52.6. The van der Waals surface area contributed by atoms with Crippen LogP contribution in [0.5, 0.6) is 0 Å². The largest absolute Gasteiger partial charge is 0.469 e. The molecule has 3 heteroatoms. The van der Waals surface area contributed by atoms with Crippen LogP contribution < -0.4 is 0 Å². The van der Waals surface area contributed by atoms with Crippen molar-refractivity contribution in [3.8, 4) is 0 Å². The van der Waals surface area contributed by atoms with E-state index in [4.69, 9.17) is 13.3 Å². The van der Waals surface area contributed by atoms with Crippen LogP contribution in [0.4, 0.5) is 0 Å². The molecular weight excluding hydrogens is 588 g/mol. The van der Waals surface area contributed by atoms with Crippen molar-refractivity contribution in [2.75, 3.05) is 0 Å². The summed E-state index contributed by atoms with van der Waals surface area (Å²) in [5, 5.41) is 0. The average Bonchev–Trinajstić information content (AvgIpc) is 3.60. The second-order valence-electron chi connectivity index (χ2n) is 16.1. The fourth-order valence-corrected chi connectivity index (χ4v) is 6.65. The maximum atomic E-state index is 5.80. The van der Waals surface area contributed by atoms with E-state index in [9.17, 15) is 0 Å². The van der Waals surface area contributed by atoms with Crippen molar-refractivity contribution < 1.29 is 13.3 Å². The van der Waals surface area contributed by atoms with E-state index in [1.165, 1.54) is 16.7 Å². The van der Waals surface area contributed by atoms with Crippen LogP contribution in [-0.4, -0.2) is 0 Å². The third-order valence-electron chi connectivity index (χ3n) is 9.08. The highest BCUT2D eigenvalue weighted by Gasteiger charge is 2.31. The first-order valence-corrected chi connectivity index (χ1v) is 17.5. The van der Waals surface area contributed by atoms with Crippen LogP contribution in [0.25, 0.3) is 0 Å². The van der Waals surface area contributed by atoms with Crippen LogP contribution in [0.3, 0.4) is 0 Å². The summed E-state index contributed by atoms with van der Waals surface area (Å²) in [5.41, 5.74) is 4.15. The van der Waals surface area contributed by atoms with E-state index in [-0.39, 0.29) is 35.1 Å². The molecule has 0 fully saturated rings. The van der Waals surface area contributed by atoms with Gasteiger partial charge in [0.05, 0.1) is 12.5 Å². The maximum absolute atomic E-state index is 5.80. The number of aryl methyl sites for hydroxylation is 2. The van der Waals surface area contributed by atoms with Crippen molar-refractivity contribution >= 4 is 0 Å². The van der Waals surface area contributed by atoms with E-state index in [2.05, 4.69) is 136 Å².